The van der Waals surface area contributed by atoms with Gasteiger partial charge in [0.05, 0.1) is 13.2 Å². The molecule has 0 radical (unpaired) electrons. The second-order valence-electron chi connectivity index (χ2n) is 14.6. The standard InChI is InChI=1S/C39H74O10/c1-5-30(3)23-19-15-11-7-9-13-17-21-25-34(42)46-28-32(29-47-39-37(45)36(44)38(49-39)33(41)27-40)48-35(43)26-22-18-14-10-8-12-16-20-24-31(4)6-2/h30-33,36-41,44-45H,5-29H2,1-4H3. The van der Waals surface area contributed by atoms with Crippen LogP contribution in [-0.4, -0.2) is 89.0 Å². The van der Waals surface area contributed by atoms with Crippen molar-refractivity contribution in [2.24, 2.45) is 11.8 Å². The summed E-state index contributed by atoms with van der Waals surface area (Å²) in [7, 11) is 0. The predicted octanol–water partition coefficient (Wildman–Crippen LogP) is 7.15. The first-order valence-electron chi connectivity index (χ1n) is 19.9. The van der Waals surface area contributed by atoms with Gasteiger partial charge in [0, 0.05) is 12.8 Å². The molecule has 8 unspecified atom stereocenters. The summed E-state index contributed by atoms with van der Waals surface area (Å²) < 4.78 is 22.1. The molecule has 4 N–H and O–H groups in total. The maximum absolute atomic E-state index is 12.7. The molecule has 10 heteroatoms. The summed E-state index contributed by atoms with van der Waals surface area (Å²) >= 11 is 0. The molecule has 0 bridgehead atoms. The Labute approximate surface area is 298 Å². The Bertz CT molecular complexity index is 811. The van der Waals surface area contributed by atoms with Crippen molar-refractivity contribution in [2.75, 3.05) is 19.8 Å². The number of hydrogen-bond acceptors (Lipinski definition) is 10. The summed E-state index contributed by atoms with van der Waals surface area (Å²) in [6, 6.07) is 0. The van der Waals surface area contributed by atoms with E-state index in [0.717, 1.165) is 50.4 Å². The zero-order valence-corrected chi connectivity index (χ0v) is 31.5. The largest absolute Gasteiger partial charge is 0.462 e. The Morgan fingerprint density at radius 3 is 1.57 bits per heavy atom. The molecule has 0 aromatic carbocycles. The third kappa shape index (κ3) is 22.3. The zero-order chi connectivity index (χ0) is 36.3. The molecule has 49 heavy (non-hydrogen) atoms. The van der Waals surface area contributed by atoms with Crippen LogP contribution in [0.3, 0.4) is 0 Å². The van der Waals surface area contributed by atoms with Crippen LogP contribution >= 0.6 is 0 Å². The molecule has 1 aliphatic rings. The number of aliphatic hydroxyl groups is 4. The fourth-order valence-corrected chi connectivity index (χ4v) is 6.11. The van der Waals surface area contributed by atoms with Gasteiger partial charge >= 0.3 is 11.9 Å². The van der Waals surface area contributed by atoms with Crippen LogP contribution in [0.5, 0.6) is 0 Å². The van der Waals surface area contributed by atoms with Gasteiger partial charge in [-0.2, -0.15) is 0 Å². The lowest BCUT2D eigenvalue weighted by Gasteiger charge is -2.22. The van der Waals surface area contributed by atoms with Gasteiger partial charge in [-0.1, -0.05) is 143 Å². The SMILES string of the molecule is CCC(C)CCCCCCCCCCC(=O)OCC(COC1OC(C(O)CO)C(O)C1O)OC(=O)CCCCCCCCCCC(C)CC. The van der Waals surface area contributed by atoms with Gasteiger partial charge < -0.3 is 39.4 Å². The van der Waals surface area contributed by atoms with E-state index in [-0.39, 0.29) is 32.0 Å². The first-order valence-corrected chi connectivity index (χ1v) is 19.9. The minimum atomic E-state index is -1.48. The highest BCUT2D eigenvalue weighted by atomic mass is 16.7. The second-order valence-corrected chi connectivity index (χ2v) is 14.6. The smallest absolute Gasteiger partial charge is 0.306 e. The number of ether oxygens (including phenoxy) is 4. The lowest BCUT2D eigenvalue weighted by Crippen LogP contribution is -2.40. The summed E-state index contributed by atoms with van der Waals surface area (Å²) in [5.41, 5.74) is 0. The quantitative estimate of drug-likeness (QED) is 0.0420. The van der Waals surface area contributed by atoms with Crippen LogP contribution in [0.1, 0.15) is 169 Å². The molecule has 1 saturated heterocycles. The van der Waals surface area contributed by atoms with Crippen molar-refractivity contribution < 1.29 is 49.0 Å². The second kappa shape index (κ2) is 29.3. The van der Waals surface area contributed by atoms with Gasteiger partial charge in [0.1, 0.15) is 31.0 Å². The molecular formula is C39H74O10. The van der Waals surface area contributed by atoms with Crippen LogP contribution in [0.2, 0.25) is 0 Å². The van der Waals surface area contributed by atoms with Crippen LogP contribution in [0.25, 0.3) is 0 Å². The lowest BCUT2D eigenvalue weighted by molar-refractivity contribution is -0.200. The van der Waals surface area contributed by atoms with E-state index in [9.17, 15) is 30.0 Å². The molecule has 10 nitrogen and oxygen atoms in total. The van der Waals surface area contributed by atoms with E-state index >= 15 is 0 Å². The summed E-state index contributed by atoms with van der Waals surface area (Å²) in [5, 5.41) is 39.6. The van der Waals surface area contributed by atoms with E-state index in [2.05, 4.69) is 27.7 Å². The number of rotatable bonds is 32. The van der Waals surface area contributed by atoms with Gasteiger partial charge in [0.25, 0.3) is 0 Å². The van der Waals surface area contributed by atoms with Crippen LogP contribution in [0.4, 0.5) is 0 Å². The highest BCUT2D eigenvalue weighted by molar-refractivity contribution is 5.70. The molecule has 8 atom stereocenters. The van der Waals surface area contributed by atoms with Crippen molar-refractivity contribution in [3.63, 3.8) is 0 Å². The van der Waals surface area contributed by atoms with Crippen molar-refractivity contribution >= 4 is 11.9 Å². The van der Waals surface area contributed by atoms with Gasteiger partial charge in [-0.15, -0.1) is 0 Å². The van der Waals surface area contributed by atoms with E-state index < -0.39 is 49.4 Å². The third-order valence-corrected chi connectivity index (χ3v) is 10.0. The average molecular weight is 703 g/mol. The highest BCUT2D eigenvalue weighted by Crippen LogP contribution is 2.25. The molecule has 0 aliphatic carbocycles. The van der Waals surface area contributed by atoms with Gasteiger partial charge in [-0.05, 0) is 24.7 Å². The number of aliphatic hydroxyl groups excluding tert-OH is 4. The van der Waals surface area contributed by atoms with E-state index in [4.69, 9.17) is 18.9 Å². The maximum Gasteiger partial charge on any atom is 0.306 e. The van der Waals surface area contributed by atoms with Crippen LogP contribution in [-0.2, 0) is 28.5 Å². The topological polar surface area (TPSA) is 152 Å². The minimum Gasteiger partial charge on any atom is -0.462 e. The Hall–Kier alpha value is -1.30. The number of esters is 2. The van der Waals surface area contributed by atoms with Crippen molar-refractivity contribution in [3.8, 4) is 0 Å². The molecular weight excluding hydrogens is 628 g/mol. The molecule has 0 aromatic rings. The summed E-state index contributed by atoms with van der Waals surface area (Å²) in [4.78, 5) is 25.1. The molecule has 1 aliphatic heterocycles. The molecule has 0 amide bonds. The van der Waals surface area contributed by atoms with Gasteiger partial charge in [-0.3, -0.25) is 9.59 Å². The Balaban J connectivity index is 2.39. The fourth-order valence-electron chi connectivity index (χ4n) is 6.11. The number of carbonyl (C=O) groups excluding carboxylic acids is 2. The molecule has 0 spiro atoms. The number of carbonyl (C=O) groups is 2. The van der Waals surface area contributed by atoms with Crippen LogP contribution in [0, 0.1) is 11.8 Å². The lowest BCUT2D eigenvalue weighted by atomic mass is 9.99. The van der Waals surface area contributed by atoms with Crippen LogP contribution in [0.15, 0.2) is 0 Å². The molecule has 290 valence electrons. The number of unbranched alkanes of at least 4 members (excludes halogenated alkanes) is 14. The van der Waals surface area contributed by atoms with E-state index in [1.807, 2.05) is 0 Å². The maximum atomic E-state index is 12.7. The van der Waals surface area contributed by atoms with Crippen molar-refractivity contribution in [1.29, 1.82) is 0 Å². The summed E-state index contributed by atoms with van der Waals surface area (Å²) in [6.07, 6.45) is 15.8. The Morgan fingerprint density at radius 1 is 0.653 bits per heavy atom. The van der Waals surface area contributed by atoms with Crippen molar-refractivity contribution in [3.05, 3.63) is 0 Å². The summed E-state index contributed by atoms with van der Waals surface area (Å²) in [5.74, 6) is 0.845. The van der Waals surface area contributed by atoms with E-state index in [0.29, 0.717) is 6.42 Å². The Kier molecular flexibility index (Phi) is 27.3. The zero-order valence-electron chi connectivity index (χ0n) is 31.5. The predicted molar refractivity (Wildman–Crippen MR) is 192 cm³/mol. The first-order chi connectivity index (χ1) is 23.6. The molecule has 0 aromatic heterocycles. The van der Waals surface area contributed by atoms with Gasteiger partial charge in [-0.25, -0.2) is 0 Å². The molecule has 1 fully saturated rings. The Morgan fingerprint density at radius 2 is 1.10 bits per heavy atom. The molecule has 0 saturated carbocycles. The number of hydrogen-bond donors (Lipinski definition) is 4. The van der Waals surface area contributed by atoms with Crippen molar-refractivity contribution in [1.82, 2.24) is 0 Å². The normalized spacial score (nSPS) is 21.7. The molecule has 1 heterocycles. The fraction of sp³-hybridized carbons (Fsp3) is 0.949. The third-order valence-electron chi connectivity index (χ3n) is 10.0. The first kappa shape index (κ1) is 45.7. The minimum absolute atomic E-state index is 0.202. The van der Waals surface area contributed by atoms with E-state index in [1.54, 1.807) is 0 Å². The van der Waals surface area contributed by atoms with Gasteiger partial charge in [0.2, 0.25) is 0 Å². The van der Waals surface area contributed by atoms with E-state index in [1.165, 1.54) is 83.5 Å². The monoisotopic (exact) mass is 703 g/mol. The molecule has 1 rings (SSSR count). The van der Waals surface area contributed by atoms with Crippen LogP contribution < -0.4 is 0 Å². The van der Waals surface area contributed by atoms with Gasteiger partial charge in [0.15, 0.2) is 12.4 Å². The highest BCUT2D eigenvalue weighted by Gasteiger charge is 2.46. The average Bonchev–Trinajstić information content (AvgIpc) is 3.38. The summed E-state index contributed by atoms with van der Waals surface area (Å²) in [6.45, 7) is 8.02. The van der Waals surface area contributed by atoms with Crippen molar-refractivity contribution in [2.45, 2.75) is 206 Å².